The molecule has 2 rings (SSSR count). The molecule has 0 aromatic heterocycles. The van der Waals surface area contributed by atoms with Crippen molar-refractivity contribution in [3.63, 3.8) is 0 Å². The van der Waals surface area contributed by atoms with Gasteiger partial charge in [0.25, 0.3) is 0 Å². The maximum atomic E-state index is 9.59. The fourth-order valence-electron chi connectivity index (χ4n) is 2.02. The minimum Gasteiger partial charge on any atom is -0.389 e. The Morgan fingerprint density at radius 1 is 1.00 bits per heavy atom. The second-order valence-electron chi connectivity index (χ2n) is 4.46. The van der Waals surface area contributed by atoms with E-state index in [9.17, 15) is 5.11 Å². The Morgan fingerprint density at radius 3 is 2.11 bits per heavy atom. The molecule has 1 unspecified atom stereocenters. The summed E-state index contributed by atoms with van der Waals surface area (Å²) in [6, 6.07) is 20.5. The first-order chi connectivity index (χ1) is 8.75. The van der Waals surface area contributed by atoms with E-state index in [0.29, 0.717) is 0 Å². The van der Waals surface area contributed by atoms with E-state index in [2.05, 4.69) is 24.3 Å². The Morgan fingerprint density at radius 2 is 1.56 bits per heavy atom. The van der Waals surface area contributed by atoms with Crippen molar-refractivity contribution in [2.45, 2.75) is 19.4 Å². The van der Waals surface area contributed by atoms with E-state index < -0.39 is 6.10 Å². The summed E-state index contributed by atoms with van der Waals surface area (Å²) in [5, 5.41) is 9.59. The van der Waals surface area contributed by atoms with Gasteiger partial charge in [-0.25, -0.2) is 0 Å². The van der Waals surface area contributed by atoms with Crippen molar-refractivity contribution in [3.8, 4) is 0 Å². The highest BCUT2D eigenvalue weighted by molar-refractivity contribution is 5.68. The predicted octanol–water partition coefficient (Wildman–Crippen LogP) is 3.69. The molecule has 0 aliphatic heterocycles. The first kappa shape index (κ1) is 12.6. The van der Waals surface area contributed by atoms with Crippen LogP contribution in [0.5, 0.6) is 0 Å². The zero-order valence-corrected chi connectivity index (χ0v) is 10.6. The number of benzene rings is 2. The molecule has 2 aromatic rings. The first-order valence-electron chi connectivity index (χ1n) is 6.24. The van der Waals surface area contributed by atoms with Gasteiger partial charge in [0.2, 0.25) is 0 Å². The van der Waals surface area contributed by atoms with Gasteiger partial charge in [0, 0.05) is 0 Å². The van der Waals surface area contributed by atoms with Crippen LogP contribution in [0.4, 0.5) is 0 Å². The molecule has 0 aliphatic carbocycles. The topological polar surface area (TPSA) is 20.2 Å². The molecule has 0 heterocycles. The van der Waals surface area contributed by atoms with Crippen LogP contribution in [0.25, 0.3) is 5.57 Å². The van der Waals surface area contributed by atoms with Crippen LogP contribution in [-0.4, -0.2) is 11.2 Å². The lowest BCUT2D eigenvalue weighted by Crippen LogP contribution is -1.98. The SMILES string of the molecule is CC(O)/C=C(/Cc1ccccc1)c1ccccc1. The van der Waals surface area contributed by atoms with Gasteiger partial charge in [0.15, 0.2) is 0 Å². The van der Waals surface area contributed by atoms with Crippen molar-refractivity contribution < 1.29 is 5.11 Å². The zero-order chi connectivity index (χ0) is 12.8. The molecule has 0 saturated heterocycles. The standard InChI is InChI=1S/C17H18O/c1-14(18)12-17(16-10-6-3-7-11-16)13-15-8-4-2-5-9-15/h2-12,14,18H,13H2,1H3/b17-12-. The predicted molar refractivity (Wildman–Crippen MR) is 76.2 cm³/mol. The minimum absolute atomic E-state index is 0.427. The molecule has 0 spiro atoms. The zero-order valence-electron chi connectivity index (χ0n) is 10.6. The Hall–Kier alpha value is -1.86. The lowest BCUT2D eigenvalue weighted by molar-refractivity contribution is 0.244. The van der Waals surface area contributed by atoms with Gasteiger partial charge in [-0.15, -0.1) is 0 Å². The summed E-state index contributed by atoms with van der Waals surface area (Å²) in [5.41, 5.74) is 3.59. The molecule has 0 amide bonds. The molecule has 1 atom stereocenters. The Labute approximate surface area is 108 Å². The summed E-state index contributed by atoms with van der Waals surface area (Å²) < 4.78 is 0. The summed E-state index contributed by atoms with van der Waals surface area (Å²) >= 11 is 0. The van der Waals surface area contributed by atoms with E-state index in [0.717, 1.165) is 12.0 Å². The summed E-state index contributed by atoms with van der Waals surface area (Å²) in [6.07, 6.45) is 2.34. The van der Waals surface area contributed by atoms with Crippen molar-refractivity contribution in [1.29, 1.82) is 0 Å². The summed E-state index contributed by atoms with van der Waals surface area (Å²) in [7, 11) is 0. The summed E-state index contributed by atoms with van der Waals surface area (Å²) in [5.74, 6) is 0. The lowest BCUT2D eigenvalue weighted by atomic mass is 9.97. The highest BCUT2D eigenvalue weighted by Crippen LogP contribution is 2.20. The van der Waals surface area contributed by atoms with Crippen LogP contribution >= 0.6 is 0 Å². The smallest absolute Gasteiger partial charge is 0.0698 e. The summed E-state index contributed by atoms with van der Waals surface area (Å²) in [4.78, 5) is 0. The number of aliphatic hydroxyl groups excluding tert-OH is 1. The number of rotatable bonds is 4. The third-order valence-electron chi connectivity index (χ3n) is 2.82. The molecular weight excluding hydrogens is 220 g/mol. The van der Waals surface area contributed by atoms with Gasteiger partial charge in [0.1, 0.15) is 0 Å². The minimum atomic E-state index is -0.427. The van der Waals surface area contributed by atoms with Gasteiger partial charge in [-0.1, -0.05) is 66.7 Å². The molecule has 18 heavy (non-hydrogen) atoms. The monoisotopic (exact) mass is 238 g/mol. The van der Waals surface area contributed by atoms with E-state index in [1.807, 2.05) is 42.5 Å². The van der Waals surface area contributed by atoms with Crippen LogP contribution in [0.1, 0.15) is 18.1 Å². The van der Waals surface area contributed by atoms with Gasteiger partial charge in [-0.3, -0.25) is 0 Å². The third kappa shape index (κ3) is 3.57. The van der Waals surface area contributed by atoms with Crippen molar-refractivity contribution >= 4 is 5.57 Å². The Balaban J connectivity index is 2.28. The maximum absolute atomic E-state index is 9.59. The van der Waals surface area contributed by atoms with Gasteiger partial charge in [-0.2, -0.15) is 0 Å². The van der Waals surface area contributed by atoms with Gasteiger partial charge < -0.3 is 5.11 Å². The molecular formula is C17H18O. The van der Waals surface area contributed by atoms with Crippen molar-refractivity contribution in [2.75, 3.05) is 0 Å². The fourth-order valence-corrected chi connectivity index (χ4v) is 2.02. The average Bonchev–Trinajstić information content (AvgIpc) is 2.40. The van der Waals surface area contributed by atoms with Crippen LogP contribution in [0.3, 0.4) is 0 Å². The first-order valence-corrected chi connectivity index (χ1v) is 6.24. The molecule has 1 nitrogen and oxygen atoms in total. The maximum Gasteiger partial charge on any atom is 0.0698 e. The molecule has 1 N–H and O–H groups in total. The molecule has 1 heteroatoms. The highest BCUT2D eigenvalue weighted by Gasteiger charge is 2.04. The van der Waals surface area contributed by atoms with Crippen LogP contribution in [0, 0.1) is 0 Å². The van der Waals surface area contributed by atoms with Crippen LogP contribution in [0.2, 0.25) is 0 Å². The van der Waals surface area contributed by atoms with Crippen molar-refractivity contribution in [1.82, 2.24) is 0 Å². The van der Waals surface area contributed by atoms with Crippen LogP contribution in [-0.2, 0) is 6.42 Å². The van der Waals surface area contributed by atoms with E-state index in [1.165, 1.54) is 11.1 Å². The highest BCUT2D eigenvalue weighted by atomic mass is 16.3. The lowest BCUT2D eigenvalue weighted by Gasteiger charge is -2.09. The molecule has 0 radical (unpaired) electrons. The normalized spacial score (nSPS) is 13.3. The van der Waals surface area contributed by atoms with E-state index in [-0.39, 0.29) is 0 Å². The number of allylic oxidation sites excluding steroid dienone is 1. The fraction of sp³-hybridized carbons (Fsp3) is 0.176. The average molecular weight is 238 g/mol. The second-order valence-corrected chi connectivity index (χ2v) is 4.46. The van der Waals surface area contributed by atoms with Crippen molar-refractivity contribution in [2.24, 2.45) is 0 Å². The quantitative estimate of drug-likeness (QED) is 0.861. The largest absolute Gasteiger partial charge is 0.389 e. The van der Waals surface area contributed by atoms with Gasteiger partial charge in [0.05, 0.1) is 6.10 Å². The van der Waals surface area contributed by atoms with Gasteiger partial charge in [-0.05, 0) is 30.0 Å². The molecule has 0 saturated carbocycles. The Bertz CT molecular complexity index is 498. The molecule has 0 aliphatic rings. The van der Waals surface area contributed by atoms with Crippen LogP contribution in [0.15, 0.2) is 66.7 Å². The second kappa shape index (κ2) is 6.18. The van der Waals surface area contributed by atoms with Crippen LogP contribution < -0.4 is 0 Å². The molecule has 0 bridgehead atoms. The van der Waals surface area contributed by atoms with E-state index in [4.69, 9.17) is 0 Å². The summed E-state index contributed by atoms with van der Waals surface area (Å²) in [6.45, 7) is 1.79. The third-order valence-corrected chi connectivity index (χ3v) is 2.82. The van der Waals surface area contributed by atoms with Crippen molar-refractivity contribution in [3.05, 3.63) is 77.9 Å². The number of aliphatic hydroxyl groups is 1. The van der Waals surface area contributed by atoms with Gasteiger partial charge >= 0.3 is 0 Å². The molecule has 2 aromatic carbocycles. The van der Waals surface area contributed by atoms with E-state index in [1.54, 1.807) is 6.92 Å². The molecule has 0 fully saturated rings. The number of hydrogen-bond acceptors (Lipinski definition) is 1. The number of hydrogen-bond donors (Lipinski definition) is 1. The molecule has 92 valence electrons. The van der Waals surface area contributed by atoms with E-state index >= 15 is 0 Å². The Kier molecular flexibility index (Phi) is 4.32.